The van der Waals surface area contributed by atoms with E-state index in [9.17, 15) is 22.8 Å². The molecule has 8 heteroatoms. The number of benzene rings is 2. The van der Waals surface area contributed by atoms with Gasteiger partial charge in [0.15, 0.2) is 0 Å². The summed E-state index contributed by atoms with van der Waals surface area (Å²) in [6.45, 7) is 1.40. The van der Waals surface area contributed by atoms with E-state index in [0.29, 0.717) is 6.54 Å². The highest BCUT2D eigenvalue weighted by molar-refractivity contribution is 6.24. The maximum atomic E-state index is 13.3. The summed E-state index contributed by atoms with van der Waals surface area (Å²) < 4.78 is 39.4. The fourth-order valence-electron chi connectivity index (χ4n) is 4.84. The van der Waals surface area contributed by atoms with Crippen LogP contribution < -0.4 is 4.90 Å². The van der Waals surface area contributed by atoms with Gasteiger partial charge in [0.1, 0.15) is 6.04 Å². The highest BCUT2D eigenvalue weighted by Gasteiger charge is 2.62. The minimum Gasteiger partial charge on any atom is -0.274 e. The molecule has 0 aliphatic carbocycles. The van der Waals surface area contributed by atoms with E-state index in [-0.39, 0.29) is 11.7 Å². The topological polar surface area (TPSA) is 43.9 Å². The maximum Gasteiger partial charge on any atom is 0.416 e. The number of alkyl halides is 3. The lowest BCUT2D eigenvalue weighted by molar-refractivity contribution is -0.137. The predicted molar refractivity (Wildman–Crippen MR) is 98.4 cm³/mol. The lowest BCUT2D eigenvalue weighted by atomic mass is 9.90. The van der Waals surface area contributed by atoms with Crippen LogP contribution in [-0.2, 0) is 15.8 Å². The molecule has 0 radical (unpaired) electrons. The number of hydrogen-bond donors (Lipinski definition) is 0. The van der Waals surface area contributed by atoms with Gasteiger partial charge in [0, 0.05) is 13.1 Å². The molecule has 0 aromatic heterocycles. The number of nitrogens with zero attached hydrogens (tertiary/aromatic N) is 3. The molecule has 150 valence electrons. The molecule has 0 unspecified atom stereocenters. The summed E-state index contributed by atoms with van der Waals surface area (Å²) in [6, 6.07) is 12.9. The molecule has 3 saturated heterocycles. The zero-order chi connectivity index (χ0) is 20.3. The van der Waals surface area contributed by atoms with Crippen molar-refractivity contribution in [3.05, 3.63) is 65.7 Å². The van der Waals surface area contributed by atoms with Crippen LogP contribution in [0.5, 0.6) is 0 Å². The van der Waals surface area contributed by atoms with E-state index >= 15 is 0 Å². The maximum absolute atomic E-state index is 13.3. The first-order valence-corrected chi connectivity index (χ1v) is 9.51. The SMILES string of the molecule is O=C1[C@@H]2[C@@H](C(=O)N1c1cccc(C(F)(F)F)c1)N1CCCN1[C@@H]2c1ccccc1. The van der Waals surface area contributed by atoms with Gasteiger partial charge in [-0.2, -0.15) is 13.2 Å². The third-order valence-corrected chi connectivity index (χ3v) is 5.98. The molecule has 29 heavy (non-hydrogen) atoms. The van der Waals surface area contributed by atoms with Crippen LogP contribution in [0.2, 0.25) is 0 Å². The van der Waals surface area contributed by atoms with Crippen LogP contribution >= 0.6 is 0 Å². The van der Waals surface area contributed by atoms with Gasteiger partial charge in [0.05, 0.1) is 23.2 Å². The molecule has 0 spiro atoms. The monoisotopic (exact) mass is 401 g/mol. The van der Waals surface area contributed by atoms with E-state index in [4.69, 9.17) is 0 Å². The molecular formula is C21H18F3N3O2. The molecule has 5 nitrogen and oxygen atoms in total. The van der Waals surface area contributed by atoms with Crippen molar-refractivity contribution in [1.82, 2.24) is 10.0 Å². The number of rotatable bonds is 2. The first-order chi connectivity index (χ1) is 13.9. The first-order valence-electron chi connectivity index (χ1n) is 9.51. The van der Waals surface area contributed by atoms with Crippen LogP contribution in [0.1, 0.15) is 23.6 Å². The summed E-state index contributed by atoms with van der Waals surface area (Å²) in [4.78, 5) is 27.5. The molecule has 3 fully saturated rings. The van der Waals surface area contributed by atoms with Crippen molar-refractivity contribution in [2.24, 2.45) is 5.92 Å². The Kier molecular flexibility index (Phi) is 4.04. The van der Waals surface area contributed by atoms with E-state index in [0.717, 1.165) is 35.6 Å². The number of carbonyl (C=O) groups is 2. The summed E-state index contributed by atoms with van der Waals surface area (Å²) in [7, 11) is 0. The van der Waals surface area contributed by atoms with E-state index in [1.165, 1.54) is 12.1 Å². The van der Waals surface area contributed by atoms with Gasteiger partial charge < -0.3 is 0 Å². The number of amides is 2. The van der Waals surface area contributed by atoms with Gasteiger partial charge in [-0.15, -0.1) is 0 Å². The summed E-state index contributed by atoms with van der Waals surface area (Å²) >= 11 is 0. The van der Waals surface area contributed by atoms with Crippen molar-refractivity contribution < 1.29 is 22.8 Å². The Hall–Kier alpha value is -2.71. The number of carbonyl (C=O) groups excluding carboxylic acids is 2. The molecule has 0 bridgehead atoms. The molecule has 3 heterocycles. The molecule has 3 atom stereocenters. The average Bonchev–Trinajstić information content (AvgIpc) is 3.34. The second-order valence-electron chi connectivity index (χ2n) is 7.57. The number of hydrogen-bond acceptors (Lipinski definition) is 4. The molecule has 0 N–H and O–H groups in total. The van der Waals surface area contributed by atoms with Crippen LogP contribution in [-0.4, -0.2) is 41.0 Å². The van der Waals surface area contributed by atoms with Gasteiger partial charge in [-0.3, -0.25) is 9.59 Å². The Bertz CT molecular complexity index is 979. The van der Waals surface area contributed by atoms with Crippen LogP contribution in [0.15, 0.2) is 54.6 Å². The standard InChI is InChI=1S/C21H18F3N3O2/c22-21(23,24)14-8-4-9-15(12-14)27-19(28)16-17(13-6-2-1-3-7-13)25-10-5-11-26(25)18(16)20(27)29/h1-4,6-9,12,16-18H,5,10-11H2/t16-,17+,18-/m0/s1. The van der Waals surface area contributed by atoms with Gasteiger partial charge in [0.25, 0.3) is 5.91 Å². The number of anilines is 1. The Morgan fingerprint density at radius 2 is 1.52 bits per heavy atom. The molecule has 2 amide bonds. The molecule has 5 rings (SSSR count). The predicted octanol–water partition coefficient (Wildman–Crippen LogP) is 3.24. The van der Waals surface area contributed by atoms with E-state index in [2.05, 4.69) is 5.01 Å². The van der Waals surface area contributed by atoms with Gasteiger partial charge in [-0.05, 0) is 30.2 Å². The quantitative estimate of drug-likeness (QED) is 0.725. The van der Waals surface area contributed by atoms with Crippen LogP contribution in [0, 0.1) is 5.92 Å². The van der Waals surface area contributed by atoms with E-state index in [1.807, 2.05) is 35.3 Å². The number of hydrazine groups is 1. The minimum atomic E-state index is -4.55. The van der Waals surface area contributed by atoms with Crippen LogP contribution in [0.4, 0.5) is 18.9 Å². The fourth-order valence-corrected chi connectivity index (χ4v) is 4.84. The van der Waals surface area contributed by atoms with Gasteiger partial charge in [-0.1, -0.05) is 36.4 Å². The smallest absolute Gasteiger partial charge is 0.274 e. The largest absolute Gasteiger partial charge is 0.416 e. The van der Waals surface area contributed by atoms with E-state index < -0.39 is 35.5 Å². The molecule has 3 aliphatic heterocycles. The van der Waals surface area contributed by atoms with Gasteiger partial charge in [0.2, 0.25) is 5.91 Å². The Balaban J connectivity index is 1.57. The summed E-state index contributed by atoms with van der Waals surface area (Å²) in [5.41, 5.74) is 0.0239. The Morgan fingerprint density at radius 1 is 0.828 bits per heavy atom. The number of imide groups is 1. The fraction of sp³-hybridized carbons (Fsp3) is 0.333. The summed E-state index contributed by atoms with van der Waals surface area (Å²) in [5.74, 6) is -1.54. The number of halogens is 3. The van der Waals surface area contributed by atoms with Gasteiger partial charge in [-0.25, -0.2) is 14.9 Å². The molecule has 3 aliphatic rings. The van der Waals surface area contributed by atoms with Crippen molar-refractivity contribution in [3.63, 3.8) is 0 Å². The minimum absolute atomic E-state index is 0.0261. The zero-order valence-electron chi connectivity index (χ0n) is 15.3. The third-order valence-electron chi connectivity index (χ3n) is 5.98. The second kappa shape index (κ2) is 6.40. The highest BCUT2D eigenvalue weighted by Crippen LogP contribution is 2.49. The lowest BCUT2D eigenvalue weighted by Gasteiger charge is -2.29. The van der Waals surface area contributed by atoms with Gasteiger partial charge >= 0.3 is 6.18 Å². The first kappa shape index (κ1) is 18.3. The number of fused-ring (bicyclic) bond motifs is 3. The summed E-state index contributed by atoms with van der Waals surface area (Å²) in [6.07, 6.45) is -3.67. The van der Waals surface area contributed by atoms with Crippen LogP contribution in [0.25, 0.3) is 0 Å². The normalized spacial score (nSPS) is 27.6. The van der Waals surface area contributed by atoms with Crippen molar-refractivity contribution >= 4 is 17.5 Å². The Morgan fingerprint density at radius 3 is 2.21 bits per heavy atom. The highest BCUT2D eigenvalue weighted by atomic mass is 19.4. The summed E-state index contributed by atoms with van der Waals surface area (Å²) in [5, 5.41) is 4.00. The lowest BCUT2D eigenvalue weighted by Crippen LogP contribution is -2.44. The molecule has 2 aromatic carbocycles. The second-order valence-corrected chi connectivity index (χ2v) is 7.57. The zero-order valence-corrected chi connectivity index (χ0v) is 15.3. The molecule has 0 saturated carbocycles. The van der Waals surface area contributed by atoms with Crippen molar-refractivity contribution in [3.8, 4) is 0 Å². The average molecular weight is 401 g/mol. The molecular weight excluding hydrogens is 383 g/mol. The van der Waals surface area contributed by atoms with E-state index in [1.54, 1.807) is 0 Å². The van der Waals surface area contributed by atoms with Crippen molar-refractivity contribution in [2.45, 2.75) is 24.7 Å². The molecule has 2 aromatic rings. The third kappa shape index (κ3) is 2.70. The van der Waals surface area contributed by atoms with Crippen molar-refractivity contribution in [1.29, 1.82) is 0 Å². The Labute approximate surface area is 165 Å². The van der Waals surface area contributed by atoms with Crippen LogP contribution in [0.3, 0.4) is 0 Å². The van der Waals surface area contributed by atoms with Crippen molar-refractivity contribution in [2.75, 3.05) is 18.0 Å².